The molecule has 4 heteroatoms. The van der Waals surface area contributed by atoms with Crippen molar-refractivity contribution in [2.24, 2.45) is 5.73 Å². The average Bonchev–Trinajstić information content (AvgIpc) is 2.45. The fourth-order valence-electron chi connectivity index (χ4n) is 2.49. The van der Waals surface area contributed by atoms with Crippen LogP contribution in [0.2, 0.25) is 0 Å². The first-order chi connectivity index (χ1) is 9.20. The number of nitrogens with two attached hydrogens (primary N) is 1. The second-order valence-electron chi connectivity index (χ2n) is 5.06. The van der Waals surface area contributed by atoms with Crippen LogP contribution in [-0.4, -0.2) is 19.8 Å². The lowest BCUT2D eigenvalue weighted by Crippen LogP contribution is -2.21. The summed E-state index contributed by atoms with van der Waals surface area (Å²) in [6.07, 6.45) is 6.06. The Bertz CT molecular complexity index is 405. The minimum Gasteiger partial charge on any atom is -0.497 e. The first kappa shape index (κ1) is 14.8. The van der Waals surface area contributed by atoms with Gasteiger partial charge in [0.1, 0.15) is 5.75 Å². The summed E-state index contributed by atoms with van der Waals surface area (Å²) in [4.78, 5) is 0. The molecule has 2 N–H and O–H groups in total. The Balaban J connectivity index is 1.89. The molecule has 2 unspecified atom stereocenters. The number of methoxy groups -OCH3 is 1. The van der Waals surface area contributed by atoms with Crippen LogP contribution in [-0.2, 0) is 4.74 Å². The molecule has 1 saturated heterocycles. The zero-order chi connectivity index (χ0) is 13.7. The third kappa shape index (κ3) is 4.20. The van der Waals surface area contributed by atoms with Crippen molar-refractivity contribution in [2.45, 2.75) is 44.2 Å². The number of benzene rings is 1. The molecule has 0 radical (unpaired) electrons. The zero-order valence-corrected chi connectivity index (χ0v) is 13.0. The van der Waals surface area contributed by atoms with E-state index in [1.165, 1.54) is 19.3 Å². The lowest BCUT2D eigenvalue weighted by Gasteiger charge is -2.24. The summed E-state index contributed by atoms with van der Waals surface area (Å²) in [6.45, 7) is 0.909. The standard InChI is InChI=1S/C15H22BrNO2/c1-18-12-5-7-13(14(16)10-12)15(17)8-6-11-4-2-3-9-19-11/h5,7,10-11,15H,2-4,6,8-9,17H2,1H3. The van der Waals surface area contributed by atoms with E-state index in [1.807, 2.05) is 18.2 Å². The Labute approximate surface area is 123 Å². The van der Waals surface area contributed by atoms with Gasteiger partial charge in [0.25, 0.3) is 0 Å². The molecule has 0 bridgehead atoms. The summed E-state index contributed by atoms with van der Waals surface area (Å²) in [5.41, 5.74) is 7.41. The van der Waals surface area contributed by atoms with Gasteiger partial charge in [0, 0.05) is 17.1 Å². The molecular formula is C15H22BrNO2. The molecular weight excluding hydrogens is 306 g/mol. The van der Waals surface area contributed by atoms with Crippen LogP contribution in [0, 0.1) is 0 Å². The lowest BCUT2D eigenvalue weighted by molar-refractivity contribution is 0.00911. The van der Waals surface area contributed by atoms with Crippen molar-refractivity contribution in [1.82, 2.24) is 0 Å². The SMILES string of the molecule is COc1ccc(C(N)CCC2CCCCO2)c(Br)c1. The molecule has 1 aliphatic rings. The van der Waals surface area contributed by atoms with Crippen molar-refractivity contribution < 1.29 is 9.47 Å². The van der Waals surface area contributed by atoms with E-state index in [1.54, 1.807) is 7.11 Å². The van der Waals surface area contributed by atoms with Crippen molar-refractivity contribution in [3.05, 3.63) is 28.2 Å². The molecule has 0 spiro atoms. The van der Waals surface area contributed by atoms with Gasteiger partial charge in [-0.15, -0.1) is 0 Å². The van der Waals surface area contributed by atoms with Crippen molar-refractivity contribution in [3.63, 3.8) is 0 Å². The number of hydrogen-bond acceptors (Lipinski definition) is 3. The summed E-state index contributed by atoms with van der Waals surface area (Å²) in [6, 6.07) is 6.00. The van der Waals surface area contributed by atoms with Gasteiger partial charge in [0.15, 0.2) is 0 Å². The normalized spacial score (nSPS) is 21.1. The van der Waals surface area contributed by atoms with E-state index < -0.39 is 0 Å². The third-order valence-electron chi connectivity index (χ3n) is 3.68. The maximum atomic E-state index is 6.28. The maximum Gasteiger partial charge on any atom is 0.120 e. The average molecular weight is 328 g/mol. The van der Waals surface area contributed by atoms with Gasteiger partial charge < -0.3 is 15.2 Å². The highest BCUT2D eigenvalue weighted by Gasteiger charge is 2.17. The Morgan fingerprint density at radius 1 is 1.47 bits per heavy atom. The van der Waals surface area contributed by atoms with Crippen molar-refractivity contribution in [3.8, 4) is 5.75 Å². The predicted molar refractivity (Wildman–Crippen MR) is 80.4 cm³/mol. The molecule has 1 aromatic rings. The second kappa shape index (κ2) is 7.27. The predicted octanol–water partition coefficient (Wildman–Crippen LogP) is 3.81. The number of hydrogen-bond donors (Lipinski definition) is 1. The molecule has 1 aromatic carbocycles. The van der Waals surface area contributed by atoms with Crippen LogP contribution in [0.5, 0.6) is 5.75 Å². The quantitative estimate of drug-likeness (QED) is 0.894. The molecule has 2 rings (SSSR count). The van der Waals surface area contributed by atoms with Crippen LogP contribution in [0.1, 0.15) is 43.7 Å². The van der Waals surface area contributed by atoms with E-state index in [-0.39, 0.29) is 6.04 Å². The van der Waals surface area contributed by atoms with Crippen LogP contribution >= 0.6 is 15.9 Å². The summed E-state index contributed by atoms with van der Waals surface area (Å²) in [5.74, 6) is 0.846. The van der Waals surface area contributed by atoms with Crippen LogP contribution in [0.3, 0.4) is 0 Å². The van der Waals surface area contributed by atoms with Gasteiger partial charge in [0.2, 0.25) is 0 Å². The van der Waals surface area contributed by atoms with E-state index in [2.05, 4.69) is 15.9 Å². The van der Waals surface area contributed by atoms with Gasteiger partial charge >= 0.3 is 0 Å². The Morgan fingerprint density at radius 2 is 2.32 bits per heavy atom. The third-order valence-corrected chi connectivity index (χ3v) is 4.37. The number of halogens is 1. The van der Waals surface area contributed by atoms with E-state index in [0.29, 0.717) is 6.10 Å². The minimum absolute atomic E-state index is 0.0470. The highest BCUT2D eigenvalue weighted by atomic mass is 79.9. The highest BCUT2D eigenvalue weighted by molar-refractivity contribution is 9.10. The van der Waals surface area contributed by atoms with E-state index >= 15 is 0 Å². The van der Waals surface area contributed by atoms with Gasteiger partial charge in [-0.1, -0.05) is 22.0 Å². The van der Waals surface area contributed by atoms with Crippen LogP contribution < -0.4 is 10.5 Å². The van der Waals surface area contributed by atoms with E-state index in [0.717, 1.165) is 35.2 Å². The largest absolute Gasteiger partial charge is 0.497 e. The molecule has 3 nitrogen and oxygen atoms in total. The molecule has 106 valence electrons. The van der Waals surface area contributed by atoms with E-state index in [9.17, 15) is 0 Å². The number of rotatable bonds is 5. The molecule has 1 fully saturated rings. The summed E-state index contributed by atoms with van der Waals surface area (Å²) in [7, 11) is 1.67. The Hall–Kier alpha value is -0.580. The molecule has 1 heterocycles. The van der Waals surface area contributed by atoms with Gasteiger partial charge in [-0.3, -0.25) is 0 Å². The minimum atomic E-state index is 0.0470. The second-order valence-corrected chi connectivity index (χ2v) is 5.91. The maximum absolute atomic E-state index is 6.28. The Kier molecular flexibility index (Phi) is 5.67. The van der Waals surface area contributed by atoms with Gasteiger partial charge in [-0.25, -0.2) is 0 Å². The van der Waals surface area contributed by atoms with E-state index in [4.69, 9.17) is 15.2 Å². The van der Waals surface area contributed by atoms with Gasteiger partial charge in [-0.05, 0) is 49.8 Å². The summed E-state index contributed by atoms with van der Waals surface area (Å²) >= 11 is 3.56. The fraction of sp³-hybridized carbons (Fsp3) is 0.600. The van der Waals surface area contributed by atoms with Crippen molar-refractivity contribution in [1.29, 1.82) is 0 Å². The molecule has 0 aromatic heterocycles. The lowest BCUT2D eigenvalue weighted by atomic mass is 9.98. The van der Waals surface area contributed by atoms with Gasteiger partial charge in [0.05, 0.1) is 13.2 Å². The first-order valence-corrected chi connectivity index (χ1v) is 7.70. The number of ether oxygens (including phenoxy) is 2. The molecule has 0 amide bonds. The molecule has 0 saturated carbocycles. The molecule has 2 atom stereocenters. The van der Waals surface area contributed by atoms with Crippen LogP contribution in [0.4, 0.5) is 0 Å². The molecule has 0 aliphatic carbocycles. The van der Waals surface area contributed by atoms with Crippen molar-refractivity contribution >= 4 is 15.9 Å². The smallest absolute Gasteiger partial charge is 0.120 e. The Morgan fingerprint density at radius 3 is 2.95 bits per heavy atom. The zero-order valence-electron chi connectivity index (χ0n) is 11.4. The molecule has 1 aliphatic heterocycles. The molecule has 19 heavy (non-hydrogen) atoms. The first-order valence-electron chi connectivity index (χ1n) is 6.91. The summed E-state index contributed by atoms with van der Waals surface area (Å²) in [5, 5.41) is 0. The van der Waals surface area contributed by atoms with Gasteiger partial charge in [-0.2, -0.15) is 0 Å². The fourth-order valence-corrected chi connectivity index (χ4v) is 3.14. The highest BCUT2D eigenvalue weighted by Crippen LogP contribution is 2.30. The monoisotopic (exact) mass is 327 g/mol. The van der Waals surface area contributed by atoms with Crippen molar-refractivity contribution in [2.75, 3.05) is 13.7 Å². The van der Waals surface area contributed by atoms with Crippen LogP contribution in [0.15, 0.2) is 22.7 Å². The van der Waals surface area contributed by atoms with Crippen LogP contribution in [0.25, 0.3) is 0 Å². The topological polar surface area (TPSA) is 44.5 Å². The summed E-state index contributed by atoms with van der Waals surface area (Å²) < 4.78 is 12.0.